The smallest absolute Gasteiger partial charge is 0.318 e. The maximum absolute atomic E-state index is 11.8. The molecule has 0 radical (unpaired) electrons. The van der Waals surface area contributed by atoms with E-state index in [1.54, 1.807) is 0 Å². The largest absolute Gasteiger partial charge is 0.329 e. The average Bonchev–Trinajstić information content (AvgIpc) is 2.68. The molecule has 1 aliphatic rings. The van der Waals surface area contributed by atoms with Crippen molar-refractivity contribution in [2.24, 2.45) is 0 Å². The van der Waals surface area contributed by atoms with Gasteiger partial charge in [-0.3, -0.25) is 0 Å². The first-order chi connectivity index (χ1) is 8.54. The van der Waals surface area contributed by atoms with Crippen LogP contribution in [-0.2, 0) is 0 Å². The second-order valence-corrected chi connectivity index (χ2v) is 5.34. The molecule has 1 aliphatic heterocycles. The fourth-order valence-corrected chi connectivity index (χ4v) is 2.67. The van der Waals surface area contributed by atoms with Gasteiger partial charge in [-0.05, 0) is 43.0 Å². The van der Waals surface area contributed by atoms with Crippen LogP contribution in [0.5, 0.6) is 0 Å². The molecular formula is C14H20N2OS. The highest BCUT2D eigenvalue weighted by atomic mass is 32.1. The summed E-state index contributed by atoms with van der Waals surface area (Å²) in [6, 6.07) is 4.39. The topological polar surface area (TPSA) is 32.3 Å². The fourth-order valence-electron chi connectivity index (χ4n) is 2.43. The standard InChI is InChI=1S/C14H20N2OS/c1-9-4-5-12(11(3)10(9)2)13-8-16(6-7-18)14(17)15-13/h4-5,13,18H,6-8H2,1-3H3,(H,15,17). The Labute approximate surface area is 114 Å². The number of thiol groups is 1. The Morgan fingerprint density at radius 1 is 1.33 bits per heavy atom. The van der Waals surface area contributed by atoms with Crippen molar-refractivity contribution in [3.63, 3.8) is 0 Å². The Kier molecular flexibility index (Phi) is 3.85. The summed E-state index contributed by atoms with van der Waals surface area (Å²) in [7, 11) is 0. The number of amides is 2. The van der Waals surface area contributed by atoms with Crippen LogP contribution in [0.3, 0.4) is 0 Å². The zero-order valence-corrected chi connectivity index (χ0v) is 12.1. The lowest BCUT2D eigenvalue weighted by Crippen LogP contribution is -2.29. The van der Waals surface area contributed by atoms with Gasteiger partial charge in [0, 0.05) is 18.8 Å². The molecular weight excluding hydrogens is 244 g/mol. The normalized spacial score (nSPS) is 19.2. The number of benzene rings is 1. The van der Waals surface area contributed by atoms with Crippen molar-refractivity contribution in [2.45, 2.75) is 26.8 Å². The first-order valence-electron chi connectivity index (χ1n) is 6.27. The lowest BCUT2D eigenvalue weighted by atomic mass is 9.94. The highest BCUT2D eigenvalue weighted by Crippen LogP contribution is 2.26. The Hall–Kier alpha value is -1.16. The molecule has 2 amide bonds. The van der Waals surface area contributed by atoms with Gasteiger partial charge in [0.25, 0.3) is 0 Å². The third kappa shape index (κ3) is 2.34. The zero-order chi connectivity index (χ0) is 13.3. The van der Waals surface area contributed by atoms with E-state index in [9.17, 15) is 4.79 Å². The van der Waals surface area contributed by atoms with Gasteiger partial charge in [-0.15, -0.1) is 0 Å². The number of carbonyl (C=O) groups is 1. The van der Waals surface area contributed by atoms with Gasteiger partial charge in [0.05, 0.1) is 6.04 Å². The summed E-state index contributed by atoms with van der Waals surface area (Å²) in [6.45, 7) is 7.83. The molecule has 2 rings (SSSR count). The van der Waals surface area contributed by atoms with Gasteiger partial charge in [-0.2, -0.15) is 12.6 Å². The molecule has 1 atom stereocenters. The van der Waals surface area contributed by atoms with E-state index in [-0.39, 0.29) is 12.1 Å². The number of carbonyl (C=O) groups excluding carboxylic acids is 1. The molecule has 1 unspecified atom stereocenters. The van der Waals surface area contributed by atoms with Gasteiger partial charge < -0.3 is 10.2 Å². The Balaban J connectivity index is 2.24. The molecule has 18 heavy (non-hydrogen) atoms. The third-order valence-electron chi connectivity index (χ3n) is 3.83. The maximum Gasteiger partial charge on any atom is 0.318 e. The molecule has 1 saturated heterocycles. The molecule has 0 spiro atoms. The van der Waals surface area contributed by atoms with E-state index in [4.69, 9.17) is 0 Å². The van der Waals surface area contributed by atoms with Crippen LogP contribution in [-0.4, -0.2) is 29.8 Å². The van der Waals surface area contributed by atoms with E-state index in [0.29, 0.717) is 12.3 Å². The molecule has 0 bridgehead atoms. The number of nitrogens with one attached hydrogen (secondary N) is 1. The van der Waals surface area contributed by atoms with Crippen LogP contribution in [0, 0.1) is 20.8 Å². The minimum absolute atomic E-state index is 0.0201. The van der Waals surface area contributed by atoms with Crippen LogP contribution in [0.1, 0.15) is 28.3 Å². The first-order valence-corrected chi connectivity index (χ1v) is 6.91. The number of aryl methyl sites for hydroxylation is 1. The lowest BCUT2D eigenvalue weighted by molar-refractivity contribution is 0.220. The Morgan fingerprint density at radius 3 is 2.72 bits per heavy atom. The van der Waals surface area contributed by atoms with Gasteiger partial charge in [0.1, 0.15) is 0 Å². The summed E-state index contributed by atoms with van der Waals surface area (Å²) < 4.78 is 0. The molecule has 0 aromatic heterocycles. The van der Waals surface area contributed by atoms with Gasteiger partial charge in [0.2, 0.25) is 0 Å². The lowest BCUT2D eigenvalue weighted by Gasteiger charge is -2.17. The van der Waals surface area contributed by atoms with Crippen molar-refractivity contribution in [1.82, 2.24) is 10.2 Å². The van der Waals surface area contributed by atoms with Gasteiger partial charge >= 0.3 is 6.03 Å². The summed E-state index contributed by atoms with van der Waals surface area (Å²) in [5.41, 5.74) is 5.13. The summed E-state index contributed by atoms with van der Waals surface area (Å²) >= 11 is 4.18. The molecule has 0 saturated carbocycles. The van der Waals surface area contributed by atoms with Crippen LogP contribution in [0.4, 0.5) is 4.79 Å². The second-order valence-electron chi connectivity index (χ2n) is 4.89. The van der Waals surface area contributed by atoms with Gasteiger partial charge in [-0.1, -0.05) is 12.1 Å². The number of hydrogen-bond acceptors (Lipinski definition) is 2. The number of hydrogen-bond donors (Lipinski definition) is 2. The van der Waals surface area contributed by atoms with E-state index in [0.717, 1.165) is 6.54 Å². The third-order valence-corrected chi connectivity index (χ3v) is 4.03. The monoisotopic (exact) mass is 264 g/mol. The number of nitrogens with zero attached hydrogens (tertiary/aromatic N) is 1. The minimum atomic E-state index is 0.0201. The zero-order valence-electron chi connectivity index (χ0n) is 11.2. The predicted molar refractivity (Wildman–Crippen MR) is 77.4 cm³/mol. The van der Waals surface area contributed by atoms with Crippen LogP contribution in [0.15, 0.2) is 12.1 Å². The van der Waals surface area contributed by atoms with Crippen LogP contribution in [0.25, 0.3) is 0 Å². The molecule has 1 fully saturated rings. The number of rotatable bonds is 3. The highest BCUT2D eigenvalue weighted by Gasteiger charge is 2.30. The van der Waals surface area contributed by atoms with Crippen LogP contribution in [0.2, 0.25) is 0 Å². The molecule has 1 heterocycles. The van der Waals surface area contributed by atoms with Crippen LogP contribution >= 0.6 is 12.6 Å². The molecule has 3 nitrogen and oxygen atoms in total. The van der Waals surface area contributed by atoms with Crippen molar-refractivity contribution in [1.29, 1.82) is 0 Å². The van der Waals surface area contributed by atoms with Gasteiger partial charge in [-0.25, -0.2) is 4.79 Å². The summed E-state index contributed by atoms with van der Waals surface area (Å²) in [5, 5.41) is 3.05. The molecule has 98 valence electrons. The van der Waals surface area contributed by atoms with E-state index in [2.05, 4.69) is 50.8 Å². The van der Waals surface area contributed by atoms with E-state index in [1.807, 2.05) is 4.90 Å². The van der Waals surface area contributed by atoms with E-state index >= 15 is 0 Å². The average molecular weight is 264 g/mol. The SMILES string of the molecule is Cc1ccc(C2CN(CCS)C(=O)N2)c(C)c1C. The number of urea groups is 1. The van der Waals surface area contributed by atoms with Crippen LogP contribution < -0.4 is 5.32 Å². The van der Waals surface area contributed by atoms with E-state index in [1.165, 1.54) is 22.3 Å². The van der Waals surface area contributed by atoms with Crippen molar-refractivity contribution in [2.75, 3.05) is 18.8 Å². The van der Waals surface area contributed by atoms with E-state index < -0.39 is 0 Å². The predicted octanol–water partition coefficient (Wildman–Crippen LogP) is 2.61. The fraction of sp³-hybridized carbons (Fsp3) is 0.500. The molecule has 0 aliphatic carbocycles. The second kappa shape index (κ2) is 5.22. The molecule has 1 N–H and O–H groups in total. The quantitative estimate of drug-likeness (QED) is 0.808. The summed E-state index contributed by atoms with van der Waals surface area (Å²) in [5.74, 6) is 0.700. The summed E-state index contributed by atoms with van der Waals surface area (Å²) in [4.78, 5) is 13.6. The maximum atomic E-state index is 11.8. The highest BCUT2D eigenvalue weighted by molar-refractivity contribution is 7.80. The Morgan fingerprint density at radius 2 is 2.06 bits per heavy atom. The minimum Gasteiger partial charge on any atom is -0.329 e. The first kappa shape index (κ1) is 13.3. The van der Waals surface area contributed by atoms with Crippen molar-refractivity contribution in [3.8, 4) is 0 Å². The molecule has 1 aromatic rings. The van der Waals surface area contributed by atoms with Gasteiger partial charge in [0.15, 0.2) is 0 Å². The molecule has 4 heteroatoms. The molecule has 1 aromatic carbocycles. The van der Waals surface area contributed by atoms with Crippen molar-refractivity contribution < 1.29 is 4.79 Å². The summed E-state index contributed by atoms with van der Waals surface area (Å²) in [6.07, 6.45) is 0. The van der Waals surface area contributed by atoms with Crippen molar-refractivity contribution in [3.05, 3.63) is 34.4 Å². The Bertz CT molecular complexity index is 473. The van der Waals surface area contributed by atoms with Crippen molar-refractivity contribution >= 4 is 18.7 Å².